The molecule has 0 aliphatic heterocycles. The lowest BCUT2D eigenvalue weighted by Crippen LogP contribution is -2.33. The second kappa shape index (κ2) is 6.35. The summed E-state index contributed by atoms with van der Waals surface area (Å²) in [6.45, 7) is 2.22. The first-order valence-corrected chi connectivity index (χ1v) is 7.68. The molecule has 2 atom stereocenters. The van der Waals surface area contributed by atoms with Crippen molar-refractivity contribution in [2.45, 2.75) is 38.3 Å². The van der Waals surface area contributed by atoms with Crippen LogP contribution in [0.2, 0.25) is 0 Å². The summed E-state index contributed by atoms with van der Waals surface area (Å²) in [6, 6.07) is 13.3. The molecule has 1 aromatic carbocycles. The lowest BCUT2D eigenvalue weighted by atomic mass is 10.0. The highest BCUT2D eigenvalue weighted by atomic mass is 16.5. The van der Waals surface area contributed by atoms with Crippen LogP contribution in [0, 0.1) is 5.92 Å². The van der Waals surface area contributed by atoms with E-state index in [0.717, 1.165) is 23.8 Å². The van der Waals surface area contributed by atoms with Crippen molar-refractivity contribution in [1.82, 2.24) is 5.32 Å². The van der Waals surface area contributed by atoms with E-state index in [1.165, 1.54) is 18.4 Å². The van der Waals surface area contributed by atoms with Crippen molar-refractivity contribution in [3.63, 3.8) is 0 Å². The van der Waals surface area contributed by atoms with Crippen LogP contribution in [0.1, 0.15) is 37.1 Å². The van der Waals surface area contributed by atoms with Crippen LogP contribution < -0.4 is 10.1 Å². The molecule has 1 N–H and O–H groups in total. The summed E-state index contributed by atoms with van der Waals surface area (Å²) in [5.74, 6) is 2.72. The van der Waals surface area contributed by atoms with Crippen LogP contribution in [0.4, 0.5) is 0 Å². The average molecular weight is 285 g/mol. The molecule has 2 aromatic rings. The smallest absolute Gasteiger partial charge is 0.118 e. The van der Waals surface area contributed by atoms with Gasteiger partial charge in [0.25, 0.3) is 0 Å². The highest BCUT2D eigenvalue weighted by Crippen LogP contribution is 2.41. The van der Waals surface area contributed by atoms with Gasteiger partial charge in [-0.25, -0.2) is 0 Å². The molecule has 1 fully saturated rings. The van der Waals surface area contributed by atoms with Gasteiger partial charge in [0, 0.05) is 18.5 Å². The number of benzene rings is 1. The van der Waals surface area contributed by atoms with Crippen LogP contribution in [0.5, 0.6) is 5.75 Å². The van der Waals surface area contributed by atoms with Crippen LogP contribution in [0.15, 0.2) is 47.1 Å². The molecule has 2 unspecified atom stereocenters. The molecule has 3 nitrogen and oxygen atoms in total. The molecule has 1 aromatic heterocycles. The van der Waals surface area contributed by atoms with Crippen molar-refractivity contribution in [3.05, 3.63) is 54.0 Å². The molecule has 0 saturated heterocycles. The van der Waals surface area contributed by atoms with Crippen molar-refractivity contribution in [1.29, 1.82) is 0 Å². The zero-order chi connectivity index (χ0) is 14.7. The van der Waals surface area contributed by atoms with E-state index < -0.39 is 0 Å². The maximum absolute atomic E-state index is 5.44. The lowest BCUT2D eigenvalue weighted by Gasteiger charge is -2.23. The summed E-state index contributed by atoms with van der Waals surface area (Å²) in [7, 11) is 1.71. The van der Waals surface area contributed by atoms with Crippen molar-refractivity contribution >= 4 is 0 Å². The summed E-state index contributed by atoms with van der Waals surface area (Å²) in [4.78, 5) is 0. The van der Waals surface area contributed by atoms with Crippen LogP contribution in [0.3, 0.4) is 0 Å². The Hall–Kier alpha value is -1.74. The molecule has 112 valence electrons. The fraction of sp³-hybridized carbons (Fsp3) is 0.444. The van der Waals surface area contributed by atoms with E-state index in [-0.39, 0.29) is 0 Å². The first kappa shape index (κ1) is 14.2. The van der Waals surface area contributed by atoms with Gasteiger partial charge in [-0.15, -0.1) is 0 Å². The van der Waals surface area contributed by atoms with E-state index in [2.05, 4.69) is 24.4 Å². The van der Waals surface area contributed by atoms with Gasteiger partial charge in [0.15, 0.2) is 0 Å². The Morgan fingerprint density at radius 1 is 1.24 bits per heavy atom. The number of methoxy groups -OCH3 is 1. The zero-order valence-electron chi connectivity index (χ0n) is 12.7. The Bertz CT molecular complexity index is 543. The zero-order valence-corrected chi connectivity index (χ0v) is 12.7. The van der Waals surface area contributed by atoms with E-state index in [4.69, 9.17) is 9.15 Å². The SMILES string of the molecule is COc1ccc(C(NC(C)Cc2ccco2)C2CC2)cc1. The summed E-state index contributed by atoms with van der Waals surface area (Å²) < 4.78 is 10.7. The summed E-state index contributed by atoms with van der Waals surface area (Å²) in [6.07, 6.45) is 5.30. The molecule has 1 aliphatic rings. The molecule has 1 heterocycles. The molecule has 0 bridgehead atoms. The van der Waals surface area contributed by atoms with Crippen LogP contribution in [-0.2, 0) is 6.42 Å². The molecule has 3 heteroatoms. The second-order valence-electron chi connectivity index (χ2n) is 5.94. The van der Waals surface area contributed by atoms with Gasteiger partial charge in [-0.05, 0) is 55.5 Å². The largest absolute Gasteiger partial charge is 0.497 e. The predicted octanol–water partition coefficient (Wildman–Crippen LogP) is 3.96. The van der Waals surface area contributed by atoms with Crippen LogP contribution >= 0.6 is 0 Å². The Balaban J connectivity index is 1.66. The normalized spacial score (nSPS) is 17.4. The standard InChI is InChI=1S/C18H23NO2/c1-13(12-17-4-3-11-21-17)19-18(14-5-6-14)15-7-9-16(20-2)10-8-15/h3-4,7-11,13-14,18-19H,5-6,12H2,1-2H3. The van der Waals surface area contributed by atoms with E-state index in [1.54, 1.807) is 13.4 Å². The van der Waals surface area contributed by atoms with E-state index >= 15 is 0 Å². The molecule has 0 radical (unpaired) electrons. The van der Waals surface area contributed by atoms with Crippen molar-refractivity contribution < 1.29 is 9.15 Å². The fourth-order valence-corrected chi connectivity index (χ4v) is 2.84. The first-order chi connectivity index (χ1) is 10.3. The molecule has 21 heavy (non-hydrogen) atoms. The third-order valence-electron chi connectivity index (χ3n) is 4.12. The van der Waals surface area contributed by atoms with Crippen molar-refractivity contribution in [2.75, 3.05) is 7.11 Å². The minimum atomic E-state index is 0.392. The summed E-state index contributed by atoms with van der Waals surface area (Å²) in [5.41, 5.74) is 1.35. The minimum absolute atomic E-state index is 0.392. The molecule has 3 rings (SSSR count). The average Bonchev–Trinajstić information content (AvgIpc) is 3.23. The van der Waals surface area contributed by atoms with Gasteiger partial charge >= 0.3 is 0 Å². The predicted molar refractivity (Wildman–Crippen MR) is 83.5 cm³/mol. The summed E-state index contributed by atoms with van der Waals surface area (Å²) in [5, 5.41) is 3.77. The van der Waals surface area contributed by atoms with Gasteiger partial charge in [-0.3, -0.25) is 0 Å². The van der Waals surface area contributed by atoms with Crippen molar-refractivity contribution in [3.8, 4) is 5.75 Å². The first-order valence-electron chi connectivity index (χ1n) is 7.68. The van der Waals surface area contributed by atoms with E-state index in [1.807, 2.05) is 24.3 Å². The monoisotopic (exact) mass is 285 g/mol. The lowest BCUT2D eigenvalue weighted by molar-refractivity contribution is 0.391. The topological polar surface area (TPSA) is 34.4 Å². The number of furan rings is 1. The Morgan fingerprint density at radius 2 is 2.00 bits per heavy atom. The third kappa shape index (κ3) is 3.67. The Morgan fingerprint density at radius 3 is 2.57 bits per heavy atom. The maximum atomic E-state index is 5.44. The number of ether oxygens (including phenoxy) is 1. The third-order valence-corrected chi connectivity index (χ3v) is 4.12. The Kier molecular flexibility index (Phi) is 4.30. The molecule has 0 amide bonds. The molecule has 1 aliphatic carbocycles. The molecule has 1 saturated carbocycles. The second-order valence-corrected chi connectivity index (χ2v) is 5.94. The Labute approximate surface area is 126 Å². The van der Waals surface area contributed by atoms with Gasteiger partial charge in [0.1, 0.15) is 11.5 Å². The van der Waals surface area contributed by atoms with Crippen molar-refractivity contribution in [2.24, 2.45) is 5.92 Å². The summed E-state index contributed by atoms with van der Waals surface area (Å²) >= 11 is 0. The van der Waals surface area contributed by atoms with E-state index in [0.29, 0.717) is 12.1 Å². The maximum Gasteiger partial charge on any atom is 0.118 e. The van der Waals surface area contributed by atoms with E-state index in [9.17, 15) is 0 Å². The van der Waals surface area contributed by atoms with Gasteiger partial charge in [0.05, 0.1) is 13.4 Å². The molecular weight excluding hydrogens is 262 g/mol. The fourth-order valence-electron chi connectivity index (χ4n) is 2.84. The van der Waals surface area contributed by atoms with Gasteiger partial charge in [-0.2, -0.15) is 0 Å². The number of rotatable bonds is 7. The van der Waals surface area contributed by atoms with Gasteiger partial charge in [-0.1, -0.05) is 12.1 Å². The highest BCUT2D eigenvalue weighted by Gasteiger charge is 2.33. The van der Waals surface area contributed by atoms with Gasteiger partial charge in [0.2, 0.25) is 0 Å². The highest BCUT2D eigenvalue weighted by molar-refractivity contribution is 5.30. The molecular formula is C18H23NO2. The van der Waals surface area contributed by atoms with Gasteiger partial charge < -0.3 is 14.5 Å². The van der Waals surface area contributed by atoms with Crippen LogP contribution in [0.25, 0.3) is 0 Å². The van der Waals surface area contributed by atoms with Crippen LogP contribution in [-0.4, -0.2) is 13.2 Å². The number of hydrogen-bond donors (Lipinski definition) is 1. The quantitative estimate of drug-likeness (QED) is 0.836. The number of hydrogen-bond acceptors (Lipinski definition) is 3. The minimum Gasteiger partial charge on any atom is -0.497 e. The molecule has 0 spiro atoms. The number of nitrogens with one attached hydrogen (secondary N) is 1.